The first kappa shape index (κ1) is 13.5. The topological polar surface area (TPSA) is 96.5 Å². The minimum atomic E-state index is -0.860. The first-order chi connectivity index (χ1) is 9.99. The van der Waals surface area contributed by atoms with E-state index in [2.05, 4.69) is 10.1 Å². The number of carboxylic acid groups (broad SMARTS) is 1. The van der Waals surface area contributed by atoms with Gasteiger partial charge in [0, 0.05) is 18.8 Å². The van der Waals surface area contributed by atoms with Gasteiger partial charge in [-0.05, 0) is 26.3 Å². The monoisotopic (exact) mass is 289 g/mol. The van der Waals surface area contributed by atoms with E-state index >= 15 is 0 Å². The van der Waals surface area contributed by atoms with Crippen molar-refractivity contribution in [3.8, 4) is 0 Å². The zero-order chi connectivity index (χ0) is 15.1. The summed E-state index contributed by atoms with van der Waals surface area (Å²) in [5, 5.41) is 13.6. The largest absolute Gasteiger partial charge is 0.481 e. The molecule has 0 radical (unpaired) electrons. The van der Waals surface area contributed by atoms with E-state index in [4.69, 9.17) is 9.63 Å². The van der Waals surface area contributed by atoms with Gasteiger partial charge in [0.1, 0.15) is 0 Å². The third-order valence-corrected chi connectivity index (χ3v) is 4.09. The Morgan fingerprint density at radius 2 is 2.24 bits per heavy atom. The van der Waals surface area contributed by atoms with Crippen LogP contribution in [0.2, 0.25) is 0 Å². The number of fused-ring (bicyclic) bond motifs is 1. The van der Waals surface area contributed by atoms with Crippen LogP contribution in [0.15, 0.2) is 16.8 Å². The van der Waals surface area contributed by atoms with Gasteiger partial charge < -0.3 is 14.5 Å². The van der Waals surface area contributed by atoms with Crippen LogP contribution in [0.25, 0.3) is 11.1 Å². The number of aromatic nitrogens is 2. The average Bonchev–Trinajstić information content (AvgIpc) is 3.02. The van der Waals surface area contributed by atoms with E-state index in [9.17, 15) is 9.59 Å². The van der Waals surface area contributed by atoms with Crippen molar-refractivity contribution in [3.63, 3.8) is 0 Å². The van der Waals surface area contributed by atoms with Gasteiger partial charge in [-0.1, -0.05) is 5.16 Å². The summed E-state index contributed by atoms with van der Waals surface area (Å²) in [7, 11) is 0. The molecule has 2 unspecified atom stereocenters. The highest BCUT2D eigenvalue weighted by atomic mass is 16.5. The van der Waals surface area contributed by atoms with Crippen molar-refractivity contribution >= 4 is 23.0 Å². The number of aryl methyl sites for hydroxylation is 1. The summed E-state index contributed by atoms with van der Waals surface area (Å²) < 4.78 is 5.01. The van der Waals surface area contributed by atoms with Gasteiger partial charge in [-0.25, -0.2) is 4.98 Å². The molecule has 3 heterocycles. The molecule has 0 spiro atoms. The summed E-state index contributed by atoms with van der Waals surface area (Å²) in [4.78, 5) is 29.3. The van der Waals surface area contributed by atoms with Gasteiger partial charge in [0.15, 0.2) is 0 Å². The van der Waals surface area contributed by atoms with Crippen LogP contribution >= 0.6 is 0 Å². The lowest BCUT2D eigenvalue weighted by Crippen LogP contribution is -2.37. The summed E-state index contributed by atoms with van der Waals surface area (Å²) in [5.41, 5.74) is 1.48. The Bertz CT molecular complexity index is 724. The van der Waals surface area contributed by atoms with E-state index in [1.54, 1.807) is 24.8 Å². The lowest BCUT2D eigenvalue weighted by molar-refractivity contribution is -0.142. The molecule has 0 aliphatic carbocycles. The number of pyridine rings is 1. The minimum Gasteiger partial charge on any atom is -0.481 e. The normalized spacial score (nSPS) is 21.9. The number of rotatable bonds is 2. The highest BCUT2D eigenvalue weighted by Gasteiger charge is 2.38. The quantitative estimate of drug-likeness (QED) is 0.899. The molecule has 3 rings (SSSR count). The maximum absolute atomic E-state index is 12.5. The number of carbonyl (C=O) groups excluding carboxylic acids is 1. The number of likely N-dealkylation sites (tertiary alicyclic amines) is 1. The van der Waals surface area contributed by atoms with Crippen molar-refractivity contribution in [2.24, 2.45) is 5.92 Å². The summed E-state index contributed by atoms with van der Waals surface area (Å²) in [6.07, 6.45) is 1.92. The highest BCUT2D eigenvalue weighted by Crippen LogP contribution is 2.27. The number of carboxylic acids is 1. The van der Waals surface area contributed by atoms with Crippen LogP contribution in [-0.4, -0.2) is 44.6 Å². The molecular weight excluding hydrogens is 274 g/mol. The fourth-order valence-electron chi connectivity index (χ4n) is 2.78. The smallest absolute Gasteiger partial charge is 0.308 e. The predicted molar refractivity (Wildman–Crippen MR) is 72.8 cm³/mol. The predicted octanol–water partition coefficient (Wildman–Crippen LogP) is 1.47. The number of hydrogen-bond donors (Lipinski definition) is 1. The Kier molecular flexibility index (Phi) is 3.12. The number of hydrogen-bond acceptors (Lipinski definition) is 5. The molecule has 0 aromatic carbocycles. The average molecular weight is 289 g/mol. The zero-order valence-electron chi connectivity index (χ0n) is 11.7. The second-order valence-electron chi connectivity index (χ2n) is 5.32. The molecule has 21 heavy (non-hydrogen) atoms. The van der Waals surface area contributed by atoms with E-state index in [-0.39, 0.29) is 11.9 Å². The van der Waals surface area contributed by atoms with Crippen LogP contribution in [-0.2, 0) is 4.79 Å². The van der Waals surface area contributed by atoms with E-state index in [1.807, 2.05) is 0 Å². The molecule has 2 atom stereocenters. The lowest BCUT2D eigenvalue weighted by atomic mass is 10.0. The van der Waals surface area contributed by atoms with Gasteiger partial charge in [0.05, 0.1) is 22.6 Å². The number of aliphatic carboxylic acids is 1. The maximum Gasteiger partial charge on any atom is 0.308 e. The van der Waals surface area contributed by atoms with E-state index < -0.39 is 11.9 Å². The molecule has 1 aliphatic rings. The third kappa shape index (κ3) is 2.14. The molecule has 7 heteroatoms. The van der Waals surface area contributed by atoms with Gasteiger partial charge in [-0.2, -0.15) is 0 Å². The molecule has 2 aromatic rings. The van der Waals surface area contributed by atoms with Crippen LogP contribution in [0.1, 0.15) is 29.4 Å². The Morgan fingerprint density at radius 3 is 2.90 bits per heavy atom. The Morgan fingerprint density at radius 1 is 1.48 bits per heavy atom. The minimum absolute atomic E-state index is 0.207. The van der Waals surface area contributed by atoms with Crippen molar-refractivity contribution in [1.29, 1.82) is 0 Å². The number of amides is 1. The van der Waals surface area contributed by atoms with Gasteiger partial charge >= 0.3 is 5.97 Å². The van der Waals surface area contributed by atoms with E-state index in [0.717, 1.165) is 0 Å². The van der Waals surface area contributed by atoms with Crippen LogP contribution in [0.5, 0.6) is 0 Å². The van der Waals surface area contributed by atoms with Gasteiger partial charge in [-0.15, -0.1) is 0 Å². The van der Waals surface area contributed by atoms with Gasteiger partial charge in [0.2, 0.25) is 0 Å². The molecule has 1 fully saturated rings. The molecule has 1 N–H and O–H groups in total. The van der Waals surface area contributed by atoms with Crippen LogP contribution in [0.4, 0.5) is 0 Å². The molecule has 110 valence electrons. The first-order valence-electron chi connectivity index (χ1n) is 6.75. The summed E-state index contributed by atoms with van der Waals surface area (Å²) in [6, 6.07) is 1.37. The Labute approximate surface area is 120 Å². The van der Waals surface area contributed by atoms with Crippen molar-refractivity contribution in [2.45, 2.75) is 26.3 Å². The number of carbonyl (C=O) groups is 2. The Hall–Kier alpha value is -2.44. The third-order valence-electron chi connectivity index (χ3n) is 4.09. The zero-order valence-corrected chi connectivity index (χ0v) is 11.7. The standard InChI is InChI=1S/C14H15N3O4/c1-7-11-5-9(6-15-12(11)21-16-7)13(18)17-4-3-10(8(17)2)14(19)20/h5-6,8,10H,3-4H2,1-2H3,(H,19,20). The van der Waals surface area contributed by atoms with Crippen molar-refractivity contribution < 1.29 is 19.2 Å². The van der Waals surface area contributed by atoms with Gasteiger partial charge in [-0.3, -0.25) is 9.59 Å². The van der Waals surface area contributed by atoms with Crippen molar-refractivity contribution in [1.82, 2.24) is 15.0 Å². The molecule has 1 saturated heterocycles. The first-order valence-corrected chi connectivity index (χ1v) is 6.75. The van der Waals surface area contributed by atoms with Crippen LogP contribution in [0.3, 0.4) is 0 Å². The maximum atomic E-state index is 12.5. The van der Waals surface area contributed by atoms with Crippen LogP contribution in [0, 0.1) is 12.8 Å². The molecule has 2 aromatic heterocycles. The second-order valence-corrected chi connectivity index (χ2v) is 5.32. The molecule has 0 saturated carbocycles. The van der Waals surface area contributed by atoms with E-state index in [1.165, 1.54) is 6.20 Å². The lowest BCUT2D eigenvalue weighted by Gasteiger charge is -2.23. The highest BCUT2D eigenvalue weighted by molar-refractivity contribution is 5.97. The van der Waals surface area contributed by atoms with E-state index in [0.29, 0.717) is 35.3 Å². The SMILES string of the molecule is Cc1noc2ncc(C(=O)N3CCC(C(=O)O)C3C)cc12. The molecule has 1 amide bonds. The Balaban J connectivity index is 1.90. The number of nitrogens with zero attached hydrogens (tertiary/aromatic N) is 3. The van der Waals surface area contributed by atoms with Crippen molar-refractivity contribution in [3.05, 3.63) is 23.5 Å². The fraction of sp³-hybridized carbons (Fsp3) is 0.429. The van der Waals surface area contributed by atoms with Crippen molar-refractivity contribution in [2.75, 3.05) is 6.54 Å². The summed E-state index contributed by atoms with van der Waals surface area (Å²) in [5.74, 6) is -1.58. The second kappa shape index (κ2) is 4.83. The molecular formula is C14H15N3O4. The summed E-state index contributed by atoms with van der Waals surface area (Å²) >= 11 is 0. The summed E-state index contributed by atoms with van der Waals surface area (Å²) in [6.45, 7) is 3.98. The van der Waals surface area contributed by atoms with Crippen LogP contribution < -0.4 is 0 Å². The molecule has 0 bridgehead atoms. The molecule has 1 aliphatic heterocycles. The molecule has 7 nitrogen and oxygen atoms in total. The fourth-order valence-corrected chi connectivity index (χ4v) is 2.78. The van der Waals surface area contributed by atoms with Gasteiger partial charge in [0.25, 0.3) is 11.6 Å².